The van der Waals surface area contributed by atoms with Gasteiger partial charge in [0, 0.05) is 0 Å². The Morgan fingerprint density at radius 1 is 1.38 bits per heavy atom. The predicted molar refractivity (Wildman–Crippen MR) is 33.1 cm³/mol. The summed E-state index contributed by atoms with van der Waals surface area (Å²) >= 11 is 0. The van der Waals surface area contributed by atoms with E-state index >= 15 is 0 Å². The van der Waals surface area contributed by atoms with Gasteiger partial charge in [-0.05, 0) is 6.08 Å². The summed E-state index contributed by atoms with van der Waals surface area (Å²) in [4.78, 5) is 0. The Hall–Kier alpha value is -0.370. The summed E-state index contributed by atoms with van der Waals surface area (Å²) in [6.07, 6.45) is 2.10. The van der Waals surface area contributed by atoms with Crippen molar-refractivity contribution in [2.75, 3.05) is 27.7 Å². The molecule has 0 atom stereocenters. The Balaban J connectivity index is 3.39. The van der Waals surface area contributed by atoms with Crippen LogP contribution in [-0.2, 0) is 0 Å². The SMILES string of the molecule is C[N+](C)(C)CC=CF. The molecule has 2 heteroatoms. The molecule has 0 saturated carbocycles. The first-order valence-electron chi connectivity index (χ1n) is 2.62. The molecule has 0 fully saturated rings. The Bertz CT molecular complexity index is 81.0. The summed E-state index contributed by atoms with van der Waals surface area (Å²) in [6.45, 7) is 0.747. The zero-order chi connectivity index (χ0) is 6.62. The van der Waals surface area contributed by atoms with Crippen LogP contribution in [0.15, 0.2) is 12.4 Å². The number of nitrogens with zero attached hydrogens (tertiary/aromatic N) is 1. The molecule has 1 nitrogen and oxygen atoms in total. The Morgan fingerprint density at radius 3 is 2.00 bits per heavy atom. The van der Waals surface area contributed by atoms with Gasteiger partial charge in [0.25, 0.3) is 0 Å². The third kappa shape index (κ3) is 5.63. The second-order valence-electron chi connectivity index (χ2n) is 2.83. The van der Waals surface area contributed by atoms with Gasteiger partial charge in [-0.15, -0.1) is 0 Å². The highest BCUT2D eigenvalue weighted by Crippen LogP contribution is 1.88. The summed E-state index contributed by atoms with van der Waals surface area (Å²) in [7, 11) is 6.04. The van der Waals surface area contributed by atoms with E-state index in [1.807, 2.05) is 21.1 Å². The summed E-state index contributed by atoms with van der Waals surface area (Å²) in [6, 6.07) is 0. The Kier molecular flexibility index (Phi) is 2.69. The lowest BCUT2D eigenvalue weighted by Gasteiger charge is -2.21. The van der Waals surface area contributed by atoms with Gasteiger partial charge in [0.1, 0.15) is 0 Å². The molecule has 0 N–H and O–H groups in total. The molecule has 0 bridgehead atoms. The van der Waals surface area contributed by atoms with E-state index in [0.29, 0.717) is 6.33 Å². The number of hydrogen-bond donors (Lipinski definition) is 0. The van der Waals surface area contributed by atoms with Crippen LogP contribution in [0.3, 0.4) is 0 Å². The number of quaternary nitrogens is 1. The van der Waals surface area contributed by atoms with E-state index in [2.05, 4.69) is 0 Å². The molecule has 0 aliphatic rings. The van der Waals surface area contributed by atoms with Crippen molar-refractivity contribution in [2.24, 2.45) is 0 Å². The van der Waals surface area contributed by atoms with Crippen molar-refractivity contribution in [3.63, 3.8) is 0 Å². The van der Waals surface area contributed by atoms with Crippen LogP contribution < -0.4 is 0 Å². The van der Waals surface area contributed by atoms with Crippen molar-refractivity contribution >= 4 is 0 Å². The van der Waals surface area contributed by atoms with Crippen LogP contribution in [0.5, 0.6) is 0 Å². The molecule has 0 saturated heterocycles. The summed E-state index contributed by atoms with van der Waals surface area (Å²) in [5.74, 6) is 0. The quantitative estimate of drug-likeness (QED) is 0.477. The van der Waals surface area contributed by atoms with Crippen LogP contribution >= 0.6 is 0 Å². The minimum absolute atomic E-state index is 0.587. The van der Waals surface area contributed by atoms with Gasteiger partial charge < -0.3 is 4.48 Å². The van der Waals surface area contributed by atoms with Crippen LogP contribution in [0, 0.1) is 0 Å². The van der Waals surface area contributed by atoms with Crippen molar-refractivity contribution in [3.8, 4) is 0 Å². The van der Waals surface area contributed by atoms with Gasteiger partial charge in [0.2, 0.25) is 0 Å². The second kappa shape index (κ2) is 2.82. The molecule has 0 radical (unpaired) electrons. The molecule has 8 heavy (non-hydrogen) atoms. The first-order chi connectivity index (χ1) is 3.56. The van der Waals surface area contributed by atoms with E-state index in [1.165, 1.54) is 6.08 Å². The van der Waals surface area contributed by atoms with E-state index in [4.69, 9.17) is 0 Å². The van der Waals surface area contributed by atoms with E-state index in [9.17, 15) is 4.39 Å². The maximum atomic E-state index is 11.3. The third-order valence-corrected chi connectivity index (χ3v) is 0.742. The van der Waals surface area contributed by atoms with Crippen molar-refractivity contribution in [1.29, 1.82) is 0 Å². The standard InChI is InChI=1S/C6H13FN/c1-8(2,3)6-4-5-7/h4-5H,6H2,1-3H3/q+1. The monoisotopic (exact) mass is 118 g/mol. The van der Waals surface area contributed by atoms with Gasteiger partial charge in [-0.2, -0.15) is 0 Å². The van der Waals surface area contributed by atoms with Gasteiger partial charge in [-0.3, -0.25) is 0 Å². The van der Waals surface area contributed by atoms with Crippen LogP contribution in [0.2, 0.25) is 0 Å². The van der Waals surface area contributed by atoms with Crippen LogP contribution in [0.25, 0.3) is 0 Å². The molecule has 0 aromatic rings. The highest BCUT2D eigenvalue weighted by atomic mass is 19.1. The lowest BCUT2D eigenvalue weighted by atomic mass is 10.5. The highest BCUT2D eigenvalue weighted by Gasteiger charge is 2.00. The zero-order valence-corrected chi connectivity index (χ0v) is 5.69. The lowest BCUT2D eigenvalue weighted by molar-refractivity contribution is -0.864. The lowest BCUT2D eigenvalue weighted by Crippen LogP contribution is -2.34. The van der Waals surface area contributed by atoms with E-state index < -0.39 is 0 Å². The van der Waals surface area contributed by atoms with Crippen molar-refractivity contribution in [3.05, 3.63) is 12.4 Å². The second-order valence-corrected chi connectivity index (χ2v) is 2.83. The number of hydrogen-bond acceptors (Lipinski definition) is 0. The minimum Gasteiger partial charge on any atom is -0.328 e. The maximum absolute atomic E-state index is 11.3. The molecular formula is C6H13FN+. The fraction of sp³-hybridized carbons (Fsp3) is 0.667. The van der Waals surface area contributed by atoms with E-state index in [1.54, 1.807) is 0 Å². The van der Waals surface area contributed by atoms with Crippen molar-refractivity contribution in [1.82, 2.24) is 0 Å². The maximum Gasteiger partial charge on any atom is 0.0992 e. The molecule has 0 rings (SSSR count). The molecule has 0 aromatic carbocycles. The molecule has 0 aliphatic heterocycles. The summed E-state index contributed by atoms with van der Waals surface area (Å²) < 4.78 is 12.1. The zero-order valence-electron chi connectivity index (χ0n) is 5.69. The molecule has 0 aromatic heterocycles. The normalized spacial score (nSPS) is 13.0. The van der Waals surface area contributed by atoms with Crippen LogP contribution in [0.1, 0.15) is 0 Å². The average Bonchev–Trinajstić information content (AvgIpc) is 1.59. The first kappa shape index (κ1) is 7.63. The summed E-state index contributed by atoms with van der Waals surface area (Å²) in [5, 5.41) is 0. The smallest absolute Gasteiger partial charge is 0.0992 e. The average molecular weight is 118 g/mol. The van der Waals surface area contributed by atoms with Crippen LogP contribution in [0.4, 0.5) is 4.39 Å². The molecule has 0 aliphatic carbocycles. The fourth-order valence-electron chi connectivity index (χ4n) is 0.356. The first-order valence-corrected chi connectivity index (χ1v) is 2.62. The van der Waals surface area contributed by atoms with Crippen LogP contribution in [-0.4, -0.2) is 32.2 Å². The molecule has 0 heterocycles. The predicted octanol–water partition coefficient (Wildman–Crippen LogP) is 1.18. The highest BCUT2D eigenvalue weighted by molar-refractivity contribution is 4.70. The van der Waals surface area contributed by atoms with E-state index in [-0.39, 0.29) is 0 Å². The van der Waals surface area contributed by atoms with Crippen molar-refractivity contribution in [2.45, 2.75) is 0 Å². The summed E-state index contributed by atoms with van der Waals surface area (Å²) in [5.41, 5.74) is 0. The molecule has 0 amide bonds. The number of halogens is 1. The minimum atomic E-state index is 0.587. The molecular weight excluding hydrogens is 105 g/mol. The Morgan fingerprint density at radius 2 is 1.88 bits per heavy atom. The number of rotatable bonds is 2. The van der Waals surface area contributed by atoms with Gasteiger partial charge in [-0.1, -0.05) is 0 Å². The van der Waals surface area contributed by atoms with Gasteiger partial charge >= 0.3 is 0 Å². The topological polar surface area (TPSA) is 0 Å². The Labute approximate surface area is 50.0 Å². The van der Waals surface area contributed by atoms with Crippen molar-refractivity contribution < 1.29 is 8.87 Å². The number of likely N-dealkylation sites (N-methyl/N-ethyl adjacent to an activating group) is 1. The third-order valence-electron chi connectivity index (χ3n) is 0.742. The van der Waals surface area contributed by atoms with Gasteiger partial charge in [0.15, 0.2) is 0 Å². The molecule has 48 valence electrons. The fourth-order valence-corrected chi connectivity index (χ4v) is 0.356. The molecule has 0 unspecified atom stereocenters. The molecule has 0 spiro atoms. The largest absolute Gasteiger partial charge is 0.328 e. The van der Waals surface area contributed by atoms with Gasteiger partial charge in [-0.25, -0.2) is 4.39 Å². The van der Waals surface area contributed by atoms with E-state index in [0.717, 1.165) is 11.0 Å². The van der Waals surface area contributed by atoms with Gasteiger partial charge in [0.05, 0.1) is 34.0 Å².